The molecule has 0 saturated heterocycles. The third-order valence-electron chi connectivity index (χ3n) is 4.80. The van der Waals surface area contributed by atoms with E-state index in [4.69, 9.17) is 4.74 Å². The Bertz CT molecular complexity index is 1230. The molecule has 3 aromatic carbocycles. The first-order valence-corrected chi connectivity index (χ1v) is 10.6. The monoisotopic (exact) mass is 422 g/mol. The Morgan fingerprint density at radius 2 is 1.47 bits per heavy atom. The standard InChI is InChI=1S/C22H18N2O5S/c1-14-7-12-20(29-2)19(13-14)23-30(27,28)16-10-8-15(9-11-16)24-21(25)17-5-3-4-6-18(17)22(24)26/h3-13,23H,1-2H3. The van der Waals surface area contributed by atoms with E-state index in [-0.39, 0.29) is 4.90 Å². The van der Waals surface area contributed by atoms with Gasteiger partial charge in [0.15, 0.2) is 0 Å². The van der Waals surface area contributed by atoms with Crippen molar-refractivity contribution in [1.82, 2.24) is 0 Å². The van der Waals surface area contributed by atoms with Gasteiger partial charge in [0, 0.05) is 0 Å². The molecule has 0 atom stereocenters. The van der Waals surface area contributed by atoms with Crippen molar-refractivity contribution in [1.29, 1.82) is 0 Å². The molecule has 1 aliphatic rings. The maximum atomic E-state index is 12.8. The number of ether oxygens (including phenoxy) is 1. The van der Waals surface area contributed by atoms with E-state index in [0.29, 0.717) is 28.3 Å². The van der Waals surface area contributed by atoms with E-state index in [0.717, 1.165) is 10.5 Å². The minimum atomic E-state index is -3.90. The van der Waals surface area contributed by atoms with Gasteiger partial charge in [-0.05, 0) is 61.0 Å². The Balaban J connectivity index is 1.62. The lowest BCUT2D eigenvalue weighted by Crippen LogP contribution is -2.29. The second-order valence-electron chi connectivity index (χ2n) is 6.79. The Kier molecular flexibility index (Phi) is 4.79. The molecule has 1 heterocycles. The fourth-order valence-electron chi connectivity index (χ4n) is 3.30. The molecule has 0 saturated carbocycles. The zero-order valence-electron chi connectivity index (χ0n) is 16.2. The van der Waals surface area contributed by atoms with Crippen LogP contribution in [0.4, 0.5) is 11.4 Å². The van der Waals surface area contributed by atoms with Gasteiger partial charge < -0.3 is 4.74 Å². The number of rotatable bonds is 5. The predicted octanol–water partition coefficient (Wildman–Crippen LogP) is 3.61. The number of methoxy groups -OCH3 is 1. The highest BCUT2D eigenvalue weighted by Crippen LogP contribution is 2.31. The Labute approximate surface area is 174 Å². The molecule has 1 N–H and O–H groups in total. The Hall–Kier alpha value is -3.65. The van der Waals surface area contributed by atoms with Gasteiger partial charge >= 0.3 is 0 Å². The van der Waals surface area contributed by atoms with E-state index in [1.54, 1.807) is 36.4 Å². The number of imide groups is 1. The minimum Gasteiger partial charge on any atom is -0.495 e. The molecule has 30 heavy (non-hydrogen) atoms. The highest BCUT2D eigenvalue weighted by atomic mass is 32.2. The maximum Gasteiger partial charge on any atom is 0.266 e. The van der Waals surface area contributed by atoms with Crippen LogP contribution in [0.1, 0.15) is 26.3 Å². The van der Waals surface area contributed by atoms with E-state index in [1.165, 1.54) is 31.4 Å². The number of aryl methyl sites for hydroxylation is 1. The number of carbonyl (C=O) groups excluding carboxylic acids is 2. The normalized spacial score (nSPS) is 13.3. The van der Waals surface area contributed by atoms with Crippen LogP contribution < -0.4 is 14.4 Å². The zero-order chi connectivity index (χ0) is 21.5. The SMILES string of the molecule is COc1ccc(C)cc1NS(=O)(=O)c1ccc(N2C(=O)c3ccccc3C2=O)cc1. The molecule has 1 aliphatic heterocycles. The largest absolute Gasteiger partial charge is 0.495 e. The van der Waals surface area contributed by atoms with Crippen LogP contribution in [0.5, 0.6) is 5.75 Å². The number of anilines is 2. The quantitative estimate of drug-likeness (QED) is 0.634. The molecule has 0 bridgehead atoms. The van der Waals surface area contributed by atoms with E-state index >= 15 is 0 Å². The van der Waals surface area contributed by atoms with Crippen LogP contribution in [0.25, 0.3) is 0 Å². The summed E-state index contributed by atoms with van der Waals surface area (Å²) in [5, 5.41) is 0. The molecule has 0 radical (unpaired) electrons. The smallest absolute Gasteiger partial charge is 0.266 e. The third-order valence-corrected chi connectivity index (χ3v) is 6.18. The number of hydrogen-bond donors (Lipinski definition) is 1. The van der Waals surface area contributed by atoms with Crippen molar-refractivity contribution in [2.24, 2.45) is 0 Å². The molecule has 0 aliphatic carbocycles. The van der Waals surface area contributed by atoms with Crippen molar-refractivity contribution in [3.8, 4) is 5.75 Å². The molecule has 3 aromatic rings. The van der Waals surface area contributed by atoms with Crippen LogP contribution in [-0.4, -0.2) is 27.3 Å². The summed E-state index contributed by atoms with van der Waals surface area (Å²) in [4.78, 5) is 26.2. The van der Waals surface area contributed by atoms with Gasteiger partial charge in [-0.2, -0.15) is 0 Å². The number of carbonyl (C=O) groups is 2. The topological polar surface area (TPSA) is 92.8 Å². The van der Waals surface area contributed by atoms with Gasteiger partial charge in [0.25, 0.3) is 21.8 Å². The fourth-order valence-corrected chi connectivity index (χ4v) is 4.36. The van der Waals surface area contributed by atoms with Crippen LogP contribution in [0, 0.1) is 6.92 Å². The number of benzene rings is 3. The second kappa shape index (κ2) is 7.31. The lowest BCUT2D eigenvalue weighted by atomic mass is 10.1. The van der Waals surface area contributed by atoms with E-state index < -0.39 is 21.8 Å². The summed E-state index contributed by atoms with van der Waals surface area (Å²) < 4.78 is 33.3. The van der Waals surface area contributed by atoms with Crippen molar-refractivity contribution in [2.75, 3.05) is 16.7 Å². The van der Waals surface area contributed by atoms with Gasteiger partial charge in [-0.25, -0.2) is 13.3 Å². The second-order valence-corrected chi connectivity index (χ2v) is 8.48. The Morgan fingerprint density at radius 3 is 2.03 bits per heavy atom. The lowest BCUT2D eigenvalue weighted by molar-refractivity contribution is 0.0926. The highest BCUT2D eigenvalue weighted by Gasteiger charge is 2.36. The molecular weight excluding hydrogens is 404 g/mol. The predicted molar refractivity (Wildman–Crippen MR) is 113 cm³/mol. The minimum absolute atomic E-state index is 0.00795. The van der Waals surface area contributed by atoms with Gasteiger partial charge in [0.2, 0.25) is 0 Å². The molecule has 2 amide bonds. The number of hydrogen-bond acceptors (Lipinski definition) is 5. The third kappa shape index (κ3) is 3.31. The van der Waals surface area contributed by atoms with E-state index in [9.17, 15) is 18.0 Å². The number of fused-ring (bicyclic) bond motifs is 1. The summed E-state index contributed by atoms with van der Waals surface area (Å²) in [6.07, 6.45) is 0. The molecule has 7 nitrogen and oxygen atoms in total. The summed E-state index contributed by atoms with van der Waals surface area (Å²) in [6, 6.07) is 17.3. The van der Waals surface area contributed by atoms with Crippen molar-refractivity contribution >= 4 is 33.2 Å². The average molecular weight is 422 g/mol. The van der Waals surface area contributed by atoms with Crippen LogP contribution in [0.15, 0.2) is 71.6 Å². The first-order chi connectivity index (χ1) is 14.3. The van der Waals surface area contributed by atoms with E-state index in [1.807, 2.05) is 13.0 Å². The van der Waals surface area contributed by atoms with Crippen molar-refractivity contribution in [3.05, 3.63) is 83.4 Å². The number of nitrogens with zero attached hydrogens (tertiary/aromatic N) is 1. The molecule has 0 unspecified atom stereocenters. The molecule has 152 valence electrons. The van der Waals surface area contributed by atoms with Crippen LogP contribution in [0.2, 0.25) is 0 Å². The average Bonchev–Trinajstić information content (AvgIpc) is 2.99. The van der Waals surface area contributed by atoms with Gasteiger partial charge in [0.1, 0.15) is 5.75 Å². The first kappa shape index (κ1) is 19.7. The number of amides is 2. The van der Waals surface area contributed by atoms with Gasteiger partial charge in [0.05, 0.1) is 34.5 Å². The summed E-state index contributed by atoms with van der Waals surface area (Å²) in [7, 11) is -2.44. The first-order valence-electron chi connectivity index (χ1n) is 9.07. The molecule has 0 spiro atoms. The van der Waals surface area contributed by atoms with Crippen molar-refractivity contribution < 1.29 is 22.7 Å². The van der Waals surface area contributed by atoms with Crippen molar-refractivity contribution in [3.63, 3.8) is 0 Å². The summed E-state index contributed by atoms with van der Waals surface area (Å²) in [5.41, 5.74) is 2.14. The molecule has 4 rings (SSSR count). The number of nitrogens with one attached hydrogen (secondary N) is 1. The lowest BCUT2D eigenvalue weighted by Gasteiger charge is -2.15. The van der Waals surface area contributed by atoms with Crippen LogP contribution >= 0.6 is 0 Å². The van der Waals surface area contributed by atoms with Crippen molar-refractivity contribution in [2.45, 2.75) is 11.8 Å². The highest BCUT2D eigenvalue weighted by molar-refractivity contribution is 7.92. The Morgan fingerprint density at radius 1 is 0.867 bits per heavy atom. The summed E-state index contributed by atoms with van der Waals surface area (Å²) in [5.74, 6) is -0.477. The van der Waals surface area contributed by atoms with Crippen LogP contribution in [-0.2, 0) is 10.0 Å². The van der Waals surface area contributed by atoms with Gasteiger partial charge in [-0.1, -0.05) is 18.2 Å². The molecule has 0 fully saturated rings. The summed E-state index contributed by atoms with van der Waals surface area (Å²) >= 11 is 0. The molecular formula is C22H18N2O5S. The molecule has 0 aromatic heterocycles. The van der Waals surface area contributed by atoms with E-state index in [2.05, 4.69) is 4.72 Å². The molecule has 8 heteroatoms. The zero-order valence-corrected chi connectivity index (χ0v) is 17.1. The summed E-state index contributed by atoms with van der Waals surface area (Å²) in [6.45, 7) is 1.84. The fraction of sp³-hybridized carbons (Fsp3) is 0.0909. The van der Waals surface area contributed by atoms with Gasteiger partial charge in [-0.15, -0.1) is 0 Å². The maximum absolute atomic E-state index is 12.8. The number of sulfonamides is 1. The van der Waals surface area contributed by atoms with Crippen LogP contribution in [0.3, 0.4) is 0 Å². The van der Waals surface area contributed by atoms with Gasteiger partial charge in [-0.3, -0.25) is 14.3 Å².